The summed E-state index contributed by atoms with van der Waals surface area (Å²) < 4.78 is 1.74. The minimum Gasteiger partial charge on any atom is -0.270 e. The van der Waals surface area contributed by atoms with Crippen LogP contribution >= 0.6 is 43.5 Å². The fourth-order valence-electron chi connectivity index (χ4n) is 1.01. The minimum atomic E-state index is 0.691. The van der Waals surface area contributed by atoms with Gasteiger partial charge in [0.25, 0.3) is 0 Å². The summed E-state index contributed by atoms with van der Waals surface area (Å²) in [4.78, 5) is 0. The van der Waals surface area contributed by atoms with Crippen molar-refractivity contribution in [1.82, 2.24) is 10.2 Å². The lowest BCUT2D eigenvalue weighted by molar-refractivity contribution is 1.09. The predicted molar refractivity (Wildman–Crippen MR) is 56.5 cm³/mol. The Balaban J connectivity index is 2.92. The third-order valence-electron chi connectivity index (χ3n) is 1.53. The van der Waals surface area contributed by atoms with Crippen LogP contribution in [0.25, 0.3) is 10.9 Å². The second-order valence-corrected chi connectivity index (χ2v) is 4.41. The molecule has 2 rings (SSSR count). The molecule has 5 heteroatoms. The summed E-state index contributed by atoms with van der Waals surface area (Å²) in [7, 11) is 0. The molecular formula is C7H3Br2ClN2. The normalized spacial score (nSPS) is 10.9. The fourth-order valence-corrected chi connectivity index (χ4v) is 2.30. The monoisotopic (exact) mass is 308 g/mol. The van der Waals surface area contributed by atoms with E-state index in [2.05, 4.69) is 42.1 Å². The molecule has 0 aliphatic heterocycles. The number of aromatic nitrogens is 2. The van der Waals surface area contributed by atoms with Gasteiger partial charge in [-0.1, -0.05) is 11.6 Å². The predicted octanol–water partition coefficient (Wildman–Crippen LogP) is 3.74. The van der Waals surface area contributed by atoms with Gasteiger partial charge < -0.3 is 0 Å². The van der Waals surface area contributed by atoms with Gasteiger partial charge in [0.1, 0.15) is 10.1 Å². The maximum atomic E-state index is 5.86. The van der Waals surface area contributed by atoms with E-state index >= 15 is 0 Å². The van der Waals surface area contributed by atoms with Crippen molar-refractivity contribution < 1.29 is 0 Å². The van der Waals surface area contributed by atoms with Crippen LogP contribution in [0, 0.1) is 0 Å². The Morgan fingerprint density at radius 1 is 1.33 bits per heavy atom. The van der Waals surface area contributed by atoms with Gasteiger partial charge in [-0.05, 0) is 44.0 Å². The van der Waals surface area contributed by atoms with Gasteiger partial charge in [-0.2, -0.15) is 5.10 Å². The first-order chi connectivity index (χ1) is 5.68. The number of aromatic amines is 1. The molecule has 1 aromatic carbocycles. The number of hydrogen-bond acceptors (Lipinski definition) is 1. The molecule has 0 aliphatic rings. The van der Waals surface area contributed by atoms with Gasteiger partial charge >= 0.3 is 0 Å². The van der Waals surface area contributed by atoms with Crippen LogP contribution in [0.5, 0.6) is 0 Å². The van der Waals surface area contributed by atoms with E-state index in [1.54, 1.807) is 0 Å². The van der Waals surface area contributed by atoms with Gasteiger partial charge in [-0.25, -0.2) is 0 Å². The van der Waals surface area contributed by atoms with E-state index in [0.717, 1.165) is 20.0 Å². The lowest BCUT2D eigenvalue weighted by Gasteiger charge is -1.93. The first-order valence-corrected chi connectivity index (χ1v) is 5.13. The summed E-state index contributed by atoms with van der Waals surface area (Å²) in [6.07, 6.45) is 0. The number of hydrogen-bond donors (Lipinski definition) is 1. The van der Waals surface area contributed by atoms with E-state index < -0.39 is 0 Å². The smallest absolute Gasteiger partial charge is 0.108 e. The molecular weight excluding hydrogens is 307 g/mol. The molecule has 1 N–H and O–H groups in total. The van der Waals surface area contributed by atoms with Crippen LogP contribution in [-0.4, -0.2) is 10.2 Å². The van der Waals surface area contributed by atoms with Crippen LogP contribution < -0.4 is 0 Å². The van der Waals surface area contributed by atoms with Crippen LogP contribution in [0.3, 0.4) is 0 Å². The zero-order valence-electron chi connectivity index (χ0n) is 5.74. The molecule has 2 aromatic rings. The lowest BCUT2D eigenvalue weighted by Crippen LogP contribution is -1.71. The average Bonchev–Trinajstić information content (AvgIpc) is 2.33. The molecule has 0 amide bonds. The van der Waals surface area contributed by atoms with Gasteiger partial charge in [0, 0.05) is 14.9 Å². The minimum absolute atomic E-state index is 0.691. The maximum Gasteiger partial charge on any atom is 0.108 e. The second-order valence-electron chi connectivity index (χ2n) is 2.32. The van der Waals surface area contributed by atoms with Crippen LogP contribution in [-0.2, 0) is 0 Å². The van der Waals surface area contributed by atoms with Gasteiger partial charge in [-0.15, -0.1) is 0 Å². The summed E-state index contributed by atoms with van der Waals surface area (Å²) in [5.41, 5.74) is 0.881. The third kappa shape index (κ3) is 1.28. The number of fused-ring (bicyclic) bond motifs is 1. The third-order valence-corrected chi connectivity index (χ3v) is 2.96. The quantitative estimate of drug-likeness (QED) is 0.789. The Morgan fingerprint density at radius 2 is 2.08 bits per heavy atom. The van der Waals surface area contributed by atoms with E-state index in [1.165, 1.54) is 0 Å². The molecule has 0 unspecified atom stereocenters. The van der Waals surface area contributed by atoms with Crippen molar-refractivity contribution in [3.63, 3.8) is 0 Å². The summed E-state index contributed by atoms with van der Waals surface area (Å²) >= 11 is 12.6. The molecule has 0 saturated heterocycles. The van der Waals surface area contributed by atoms with Crippen molar-refractivity contribution in [1.29, 1.82) is 0 Å². The van der Waals surface area contributed by atoms with Gasteiger partial charge in [0.15, 0.2) is 0 Å². The van der Waals surface area contributed by atoms with E-state index in [9.17, 15) is 0 Å². The summed E-state index contributed by atoms with van der Waals surface area (Å²) in [5.74, 6) is 0. The molecule has 0 atom stereocenters. The lowest BCUT2D eigenvalue weighted by atomic mass is 10.3. The van der Waals surface area contributed by atoms with Crippen LogP contribution in [0.1, 0.15) is 0 Å². The number of H-pyrrole nitrogens is 1. The fraction of sp³-hybridized carbons (Fsp3) is 0. The van der Waals surface area contributed by atoms with E-state index in [4.69, 9.17) is 11.6 Å². The van der Waals surface area contributed by atoms with Crippen molar-refractivity contribution in [3.8, 4) is 0 Å². The summed E-state index contributed by atoms with van der Waals surface area (Å²) in [5, 5.41) is 8.58. The molecule has 2 nitrogen and oxygen atoms in total. The molecule has 1 aromatic heterocycles. The van der Waals surface area contributed by atoms with E-state index in [1.807, 2.05) is 12.1 Å². The summed E-state index contributed by atoms with van der Waals surface area (Å²) in [6.45, 7) is 0. The highest BCUT2D eigenvalue weighted by atomic mass is 79.9. The van der Waals surface area contributed by atoms with Crippen LogP contribution in [0.4, 0.5) is 0 Å². The first kappa shape index (κ1) is 8.53. The van der Waals surface area contributed by atoms with Gasteiger partial charge in [-0.3, -0.25) is 5.10 Å². The van der Waals surface area contributed by atoms with E-state index in [0.29, 0.717) is 5.02 Å². The highest BCUT2D eigenvalue weighted by Crippen LogP contribution is 2.30. The van der Waals surface area contributed by atoms with Crippen molar-refractivity contribution >= 4 is 54.4 Å². The largest absolute Gasteiger partial charge is 0.270 e. The molecule has 62 valence electrons. The van der Waals surface area contributed by atoms with Crippen LogP contribution in [0.15, 0.2) is 21.2 Å². The molecule has 12 heavy (non-hydrogen) atoms. The second kappa shape index (κ2) is 3.01. The number of nitrogens with one attached hydrogen (secondary N) is 1. The number of rotatable bonds is 0. The molecule has 0 aliphatic carbocycles. The first-order valence-electron chi connectivity index (χ1n) is 3.17. The summed E-state index contributed by atoms with van der Waals surface area (Å²) in [6, 6.07) is 3.67. The average molecular weight is 310 g/mol. The van der Waals surface area contributed by atoms with Crippen LogP contribution in [0.2, 0.25) is 5.02 Å². The number of nitrogens with zero attached hydrogens (tertiary/aromatic N) is 1. The van der Waals surface area contributed by atoms with Gasteiger partial charge in [0.05, 0.1) is 0 Å². The topological polar surface area (TPSA) is 28.7 Å². The molecule has 0 saturated carbocycles. The molecule has 0 radical (unpaired) electrons. The Kier molecular flexibility index (Phi) is 2.14. The zero-order chi connectivity index (χ0) is 8.72. The highest BCUT2D eigenvalue weighted by molar-refractivity contribution is 9.11. The molecule has 0 spiro atoms. The SMILES string of the molecule is Clc1cc(Br)c2n[nH]c(Br)c2c1. The molecule has 1 heterocycles. The Bertz CT molecular complexity index is 438. The zero-order valence-corrected chi connectivity index (χ0v) is 9.66. The van der Waals surface area contributed by atoms with Crippen molar-refractivity contribution in [2.24, 2.45) is 0 Å². The highest BCUT2D eigenvalue weighted by Gasteiger charge is 2.06. The van der Waals surface area contributed by atoms with Crippen molar-refractivity contribution in [3.05, 3.63) is 26.2 Å². The maximum absolute atomic E-state index is 5.86. The standard InChI is InChI=1S/C7H3Br2ClN2/c8-5-2-3(10)1-4-6(5)11-12-7(4)9/h1-2H,(H,11,12). The number of benzene rings is 1. The molecule has 0 fully saturated rings. The molecule has 0 bridgehead atoms. The number of halogens is 3. The Hall–Kier alpha value is -0.0600. The Labute approximate surface area is 90.5 Å². The van der Waals surface area contributed by atoms with Crippen molar-refractivity contribution in [2.75, 3.05) is 0 Å². The van der Waals surface area contributed by atoms with Gasteiger partial charge in [0.2, 0.25) is 0 Å². The van der Waals surface area contributed by atoms with Crippen molar-refractivity contribution in [2.45, 2.75) is 0 Å². The Morgan fingerprint density at radius 3 is 2.83 bits per heavy atom. The van der Waals surface area contributed by atoms with E-state index in [-0.39, 0.29) is 0 Å².